The predicted octanol–water partition coefficient (Wildman–Crippen LogP) is 2.47. The summed E-state index contributed by atoms with van der Waals surface area (Å²) in [5.74, 6) is 0.570. The van der Waals surface area contributed by atoms with Gasteiger partial charge >= 0.3 is 0 Å². The molecule has 0 saturated heterocycles. The van der Waals surface area contributed by atoms with Crippen molar-refractivity contribution in [2.75, 3.05) is 6.54 Å². The van der Waals surface area contributed by atoms with Crippen LogP contribution in [0, 0.1) is 0 Å². The van der Waals surface area contributed by atoms with Gasteiger partial charge in [0.25, 0.3) is 5.91 Å². The molecule has 0 fully saturated rings. The van der Waals surface area contributed by atoms with Crippen LogP contribution < -0.4 is 5.32 Å². The summed E-state index contributed by atoms with van der Waals surface area (Å²) >= 11 is 11.6. The van der Waals surface area contributed by atoms with E-state index in [9.17, 15) is 4.79 Å². The quantitative estimate of drug-likeness (QED) is 0.658. The fraction of sp³-hybridized carbons (Fsp3) is 0.250. The summed E-state index contributed by atoms with van der Waals surface area (Å²) in [5, 5.41) is 3.27. The molecule has 0 aliphatic heterocycles. The summed E-state index contributed by atoms with van der Waals surface area (Å²) in [4.78, 5) is 22.8. The van der Waals surface area contributed by atoms with Gasteiger partial charge in [0.15, 0.2) is 0 Å². The lowest BCUT2D eigenvalue weighted by molar-refractivity contribution is 0.0948. The minimum atomic E-state index is -0.327. The lowest BCUT2D eigenvalue weighted by Crippen LogP contribution is -2.26. The second-order valence-corrected chi connectivity index (χ2v) is 4.65. The van der Waals surface area contributed by atoms with Crippen LogP contribution in [0.1, 0.15) is 22.7 Å². The van der Waals surface area contributed by atoms with Gasteiger partial charge in [0.05, 0.1) is 5.02 Å². The molecule has 2 heterocycles. The normalized spacial score (nSPS) is 10.4. The fourth-order valence-electron chi connectivity index (χ4n) is 1.55. The van der Waals surface area contributed by atoms with Gasteiger partial charge in [-0.25, -0.2) is 9.97 Å². The first-order valence-electron chi connectivity index (χ1n) is 5.75. The minimum Gasteiger partial charge on any atom is -0.351 e. The van der Waals surface area contributed by atoms with Gasteiger partial charge in [-0.15, -0.1) is 0 Å². The largest absolute Gasteiger partial charge is 0.351 e. The number of imidazole rings is 1. The van der Waals surface area contributed by atoms with E-state index in [1.165, 1.54) is 6.07 Å². The van der Waals surface area contributed by atoms with Gasteiger partial charge in [0, 0.05) is 25.4 Å². The highest BCUT2D eigenvalue weighted by Gasteiger charge is 2.12. The monoisotopic (exact) mass is 298 g/mol. The number of amides is 1. The highest BCUT2D eigenvalue weighted by molar-refractivity contribution is 6.34. The first-order valence-corrected chi connectivity index (χ1v) is 6.51. The second kappa shape index (κ2) is 6.54. The second-order valence-electron chi connectivity index (χ2n) is 3.86. The van der Waals surface area contributed by atoms with E-state index in [2.05, 4.69) is 20.3 Å². The van der Waals surface area contributed by atoms with E-state index < -0.39 is 0 Å². The third-order valence-corrected chi connectivity index (χ3v) is 2.97. The minimum absolute atomic E-state index is 0.146. The van der Waals surface area contributed by atoms with Gasteiger partial charge in [-0.05, 0) is 18.6 Å². The van der Waals surface area contributed by atoms with E-state index in [-0.39, 0.29) is 21.8 Å². The van der Waals surface area contributed by atoms with Crippen molar-refractivity contribution in [2.24, 2.45) is 0 Å². The zero-order valence-corrected chi connectivity index (χ0v) is 11.5. The molecule has 0 unspecified atom stereocenters. The number of nitrogens with one attached hydrogen (secondary N) is 2. The molecule has 0 spiro atoms. The molecule has 0 bridgehead atoms. The Hall–Kier alpha value is -1.59. The molecule has 19 heavy (non-hydrogen) atoms. The van der Waals surface area contributed by atoms with E-state index in [0.717, 1.165) is 18.7 Å². The van der Waals surface area contributed by atoms with E-state index in [1.54, 1.807) is 18.5 Å². The number of aromatic nitrogens is 3. The van der Waals surface area contributed by atoms with Gasteiger partial charge in [0.1, 0.15) is 16.7 Å². The fourth-order valence-corrected chi connectivity index (χ4v) is 1.89. The molecule has 0 aromatic carbocycles. The maximum absolute atomic E-state index is 11.8. The molecule has 2 aromatic heterocycles. The van der Waals surface area contributed by atoms with Crippen LogP contribution >= 0.6 is 23.2 Å². The highest BCUT2D eigenvalue weighted by atomic mass is 35.5. The van der Waals surface area contributed by atoms with E-state index in [4.69, 9.17) is 23.2 Å². The van der Waals surface area contributed by atoms with Crippen molar-refractivity contribution in [3.05, 3.63) is 46.2 Å². The molecule has 5 nitrogen and oxygen atoms in total. The number of H-pyrrole nitrogens is 1. The number of halogens is 2. The molecule has 100 valence electrons. The van der Waals surface area contributed by atoms with Crippen LogP contribution in [0.25, 0.3) is 0 Å². The van der Waals surface area contributed by atoms with Gasteiger partial charge < -0.3 is 10.3 Å². The average Bonchev–Trinajstić information content (AvgIpc) is 2.90. The van der Waals surface area contributed by atoms with Crippen molar-refractivity contribution in [3.8, 4) is 0 Å². The summed E-state index contributed by atoms with van der Waals surface area (Å²) < 4.78 is 0. The van der Waals surface area contributed by atoms with Crippen LogP contribution in [-0.2, 0) is 6.42 Å². The standard InChI is InChI=1S/C12H12Cl2N4O/c13-8-3-4-9(14)18-11(8)12(19)17-5-1-2-10-15-6-7-16-10/h3-4,6-7H,1-2,5H2,(H,15,16)(H,17,19). The SMILES string of the molecule is O=C(NCCCc1ncc[nH]1)c1nc(Cl)ccc1Cl. The van der Waals surface area contributed by atoms with Gasteiger partial charge in [-0.1, -0.05) is 23.2 Å². The van der Waals surface area contributed by atoms with Gasteiger partial charge in [0.2, 0.25) is 0 Å². The van der Waals surface area contributed by atoms with Crippen LogP contribution in [0.15, 0.2) is 24.5 Å². The number of rotatable bonds is 5. The van der Waals surface area contributed by atoms with Gasteiger partial charge in [-0.2, -0.15) is 0 Å². The van der Waals surface area contributed by atoms with Crippen molar-refractivity contribution >= 4 is 29.1 Å². The van der Waals surface area contributed by atoms with Crippen molar-refractivity contribution < 1.29 is 4.79 Å². The Balaban J connectivity index is 1.82. The first kappa shape index (κ1) is 13.8. The number of hydrogen-bond donors (Lipinski definition) is 2. The topological polar surface area (TPSA) is 70.7 Å². The Morgan fingerprint density at radius 3 is 2.95 bits per heavy atom. The number of aromatic amines is 1. The molecule has 1 amide bonds. The van der Waals surface area contributed by atoms with E-state index in [0.29, 0.717) is 6.54 Å². The number of carbonyl (C=O) groups excluding carboxylic acids is 1. The molecule has 0 radical (unpaired) electrons. The number of pyridine rings is 1. The third kappa shape index (κ3) is 3.94. The molecule has 2 aromatic rings. The van der Waals surface area contributed by atoms with Crippen molar-refractivity contribution in [2.45, 2.75) is 12.8 Å². The molecule has 0 atom stereocenters. The van der Waals surface area contributed by atoms with Crippen molar-refractivity contribution in [3.63, 3.8) is 0 Å². The molecule has 2 rings (SSSR count). The van der Waals surface area contributed by atoms with Crippen LogP contribution in [0.3, 0.4) is 0 Å². The summed E-state index contributed by atoms with van der Waals surface area (Å²) in [5.41, 5.74) is 0.146. The zero-order chi connectivity index (χ0) is 13.7. The van der Waals surface area contributed by atoms with Crippen LogP contribution in [0.2, 0.25) is 10.2 Å². The number of nitrogens with zero attached hydrogens (tertiary/aromatic N) is 2. The number of hydrogen-bond acceptors (Lipinski definition) is 3. The third-order valence-electron chi connectivity index (χ3n) is 2.46. The smallest absolute Gasteiger partial charge is 0.271 e. The molecule has 2 N–H and O–H groups in total. The Morgan fingerprint density at radius 2 is 2.21 bits per heavy atom. The maximum Gasteiger partial charge on any atom is 0.271 e. The maximum atomic E-state index is 11.8. The van der Waals surface area contributed by atoms with Crippen LogP contribution in [0.5, 0.6) is 0 Å². The van der Waals surface area contributed by atoms with E-state index >= 15 is 0 Å². The first-order chi connectivity index (χ1) is 9.16. The Kier molecular flexibility index (Phi) is 4.76. The molecule has 0 aliphatic rings. The molecule has 7 heteroatoms. The zero-order valence-electron chi connectivity index (χ0n) is 9.99. The summed E-state index contributed by atoms with van der Waals surface area (Å²) in [7, 11) is 0. The highest BCUT2D eigenvalue weighted by Crippen LogP contribution is 2.16. The van der Waals surface area contributed by atoms with E-state index in [1.807, 2.05) is 0 Å². The summed E-state index contributed by atoms with van der Waals surface area (Å²) in [6.07, 6.45) is 5.01. The predicted molar refractivity (Wildman–Crippen MR) is 73.5 cm³/mol. The number of aryl methyl sites for hydroxylation is 1. The van der Waals surface area contributed by atoms with Gasteiger partial charge in [-0.3, -0.25) is 4.79 Å². The Bertz CT molecular complexity index is 557. The Morgan fingerprint density at radius 1 is 1.37 bits per heavy atom. The average molecular weight is 299 g/mol. The summed E-state index contributed by atoms with van der Waals surface area (Å²) in [6.45, 7) is 0.518. The van der Waals surface area contributed by atoms with Crippen molar-refractivity contribution in [1.82, 2.24) is 20.3 Å². The van der Waals surface area contributed by atoms with Crippen LogP contribution in [-0.4, -0.2) is 27.4 Å². The molecular weight excluding hydrogens is 287 g/mol. The summed E-state index contributed by atoms with van der Waals surface area (Å²) in [6, 6.07) is 3.09. The molecule has 0 aliphatic carbocycles. The van der Waals surface area contributed by atoms with Crippen molar-refractivity contribution in [1.29, 1.82) is 0 Å². The lowest BCUT2D eigenvalue weighted by Gasteiger charge is -2.05. The number of carbonyl (C=O) groups is 1. The molecular formula is C12H12Cl2N4O. The lowest BCUT2D eigenvalue weighted by atomic mass is 10.3. The van der Waals surface area contributed by atoms with Crippen LogP contribution in [0.4, 0.5) is 0 Å². The Labute approximate surface area is 120 Å². The molecule has 0 saturated carbocycles.